The molecule has 0 aromatic carbocycles. The van der Waals surface area contributed by atoms with E-state index in [1.807, 2.05) is 0 Å². The van der Waals surface area contributed by atoms with E-state index in [1.165, 1.54) is 57.8 Å². The predicted octanol–water partition coefficient (Wildman–Crippen LogP) is 4.15. The molecule has 0 aromatic rings. The lowest BCUT2D eigenvalue weighted by Gasteiger charge is -2.10. The van der Waals surface area contributed by atoms with Crippen LogP contribution in [0.25, 0.3) is 0 Å². The first-order chi connectivity index (χ1) is 10.2. The summed E-state index contributed by atoms with van der Waals surface area (Å²) in [6, 6.07) is 0. The Balaban J connectivity index is 3.14. The van der Waals surface area contributed by atoms with Gasteiger partial charge in [-0.05, 0) is 6.42 Å². The van der Waals surface area contributed by atoms with Gasteiger partial charge in [0, 0.05) is 0 Å². The van der Waals surface area contributed by atoms with Crippen LogP contribution in [0.4, 0.5) is 0 Å². The van der Waals surface area contributed by atoms with Gasteiger partial charge in [0.15, 0.2) is 0 Å². The second-order valence-electron chi connectivity index (χ2n) is 5.84. The summed E-state index contributed by atoms with van der Waals surface area (Å²) in [4.78, 5) is 10.3. The van der Waals surface area contributed by atoms with E-state index in [0.717, 1.165) is 12.8 Å². The third-order valence-electron chi connectivity index (χ3n) is 3.66. The van der Waals surface area contributed by atoms with Gasteiger partial charge in [-0.1, -0.05) is 71.1 Å². The van der Waals surface area contributed by atoms with Crippen LogP contribution >= 0.6 is 0 Å². The lowest BCUT2D eigenvalue weighted by Crippen LogP contribution is -2.16. The number of aliphatic carboxylic acids is 1. The van der Waals surface area contributed by atoms with Crippen molar-refractivity contribution in [2.75, 3.05) is 13.2 Å². The number of carboxylic acids is 1. The Morgan fingerprint density at radius 2 is 1.48 bits per heavy atom. The Morgan fingerprint density at radius 3 is 2.00 bits per heavy atom. The zero-order valence-electron chi connectivity index (χ0n) is 13.7. The molecule has 0 aliphatic heterocycles. The third kappa shape index (κ3) is 17.3. The number of carbonyl (C=O) groups is 1. The molecule has 1 atom stereocenters. The van der Waals surface area contributed by atoms with Crippen LogP contribution in [0, 0.1) is 0 Å². The van der Waals surface area contributed by atoms with Gasteiger partial charge >= 0.3 is 5.97 Å². The Morgan fingerprint density at radius 1 is 0.952 bits per heavy atom. The number of unbranched alkanes of at least 4 members (excludes halogenated alkanes) is 9. The molecule has 0 aliphatic carbocycles. The maximum absolute atomic E-state index is 10.3. The first kappa shape index (κ1) is 20.4. The second kappa shape index (κ2) is 15.8. The smallest absolute Gasteiger partial charge is 0.305 e. The Hall–Kier alpha value is -0.610. The van der Waals surface area contributed by atoms with Crippen molar-refractivity contribution in [1.29, 1.82) is 0 Å². The fraction of sp³-hybridized carbons (Fsp3) is 0.941. The van der Waals surface area contributed by atoms with Gasteiger partial charge in [0.25, 0.3) is 0 Å². The van der Waals surface area contributed by atoms with Crippen LogP contribution in [0.1, 0.15) is 84.0 Å². The maximum Gasteiger partial charge on any atom is 0.305 e. The lowest BCUT2D eigenvalue weighted by atomic mass is 10.0. The highest BCUT2D eigenvalue weighted by Crippen LogP contribution is 2.12. The summed E-state index contributed by atoms with van der Waals surface area (Å²) in [6.45, 7) is 2.68. The fourth-order valence-corrected chi connectivity index (χ4v) is 2.33. The van der Waals surface area contributed by atoms with Gasteiger partial charge in [0.05, 0.1) is 25.7 Å². The average Bonchev–Trinajstić information content (AvgIpc) is 2.45. The van der Waals surface area contributed by atoms with Crippen molar-refractivity contribution in [3.8, 4) is 0 Å². The molecule has 2 N–H and O–H groups in total. The summed E-state index contributed by atoms with van der Waals surface area (Å²) in [5.74, 6) is -0.862. The van der Waals surface area contributed by atoms with Crippen LogP contribution in [0.15, 0.2) is 0 Å². The number of hydrogen-bond donors (Lipinski definition) is 2. The van der Waals surface area contributed by atoms with E-state index in [-0.39, 0.29) is 19.6 Å². The molecule has 126 valence electrons. The molecule has 0 bridgehead atoms. The summed E-state index contributed by atoms with van der Waals surface area (Å²) in [6.07, 6.45) is 13.2. The molecule has 21 heavy (non-hydrogen) atoms. The summed E-state index contributed by atoms with van der Waals surface area (Å²) < 4.78 is 5.12. The minimum Gasteiger partial charge on any atom is -0.481 e. The summed E-state index contributed by atoms with van der Waals surface area (Å²) in [7, 11) is 0. The second-order valence-corrected chi connectivity index (χ2v) is 5.84. The predicted molar refractivity (Wildman–Crippen MR) is 85.5 cm³/mol. The van der Waals surface area contributed by atoms with Crippen LogP contribution in [0.5, 0.6) is 0 Å². The minimum atomic E-state index is -0.862. The number of carboxylic acid groups (broad SMARTS) is 1. The van der Waals surface area contributed by atoms with E-state index in [4.69, 9.17) is 9.84 Å². The highest BCUT2D eigenvalue weighted by molar-refractivity contribution is 5.66. The molecule has 1 unspecified atom stereocenters. The molecular formula is C17H34O4. The SMILES string of the molecule is CCCCCCCCCCCCC(O)COCCC(=O)O. The lowest BCUT2D eigenvalue weighted by molar-refractivity contribution is -0.138. The van der Waals surface area contributed by atoms with E-state index in [1.54, 1.807) is 0 Å². The Bertz CT molecular complexity index is 231. The van der Waals surface area contributed by atoms with Crippen LogP contribution < -0.4 is 0 Å². The topological polar surface area (TPSA) is 66.8 Å². The van der Waals surface area contributed by atoms with Crippen LogP contribution in [-0.2, 0) is 9.53 Å². The average molecular weight is 302 g/mol. The van der Waals surface area contributed by atoms with Gasteiger partial charge in [0.2, 0.25) is 0 Å². The Kier molecular flexibility index (Phi) is 15.3. The van der Waals surface area contributed by atoms with E-state index >= 15 is 0 Å². The van der Waals surface area contributed by atoms with Crippen molar-refractivity contribution in [2.24, 2.45) is 0 Å². The van der Waals surface area contributed by atoms with E-state index in [2.05, 4.69) is 6.92 Å². The van der Waals surface area contributed by atoms with E-state index in [0.29, 0.717) is 0 Å². The first-order valence-corrected chi connectivity index (χ1v) is 8.64. The summed E-state index contributed by atoms with van der Waals surface area (Å²) in [5, 5.41) is 18.1. The van der Waals surface area contributed by atoms with Crippen molar-refractivity contribution in [1.82, 2.24) is 0 Å². The van der Waals surface area contributed by atoms with Crippen LogP contribution in [0.2, 0.25) is 0 Å². The number of hydrogen-bond acceptors (Lipinski definition) is 3. The molecule has 0 heterocycles. The molecule has 0 radical (unpaired) electrons. The monoisotopic (exact) mass is 302 g/mol. The molecule has 0 saturated heterocycles. The number of aliphatic hydroxyl groups excluding tert-OH is 1. The van der Waals surface area contributed by atoms with Crippen molar-refractivity contribution in [3.05, 3.63) is 0 Å². The normalized spacial score (nSPS) is 12.5. The molecule has 0 amide bonds. The van der Waals surface area contributed by atoms with Crippen molar-refractivity contribution in [3.63, 3.8) is 0 Å². The maximum atomic E-state index is 10.3. The molecule has 0 fully saturated rings. The molecule has 0 aromatic heterocycles. The fourth-order valence-electron chi connectivity index (χ4n) is 2.33. The molecule has 0 saturated carbocycles. The molecule has 0 rings (SSSR count). The summed E-state index contributed by atoms with van der Waals surface area (Å²) in [5.41, 5.74) is 0. The van der Waals surface area contributed by atoms with Gasteiger partial charge < -0.3 is 14.9 Å². The molecule has 0 spiro atoms. The van der Waals surface area contributed by atoms with Crippen molar-refractivity contribution >= 4 is 5.97 Å². The Labute approximate surface area is 129 Å². The minimum absolute atomic E-state index is 0.00494. The zero-order chi connectivity index (χ0) is 15.8. The van der Waals surface area contributed by atoms with Gasteiger partial charge in [-0.15, -0.1) is 0 Å². The van der Waals surface area contributed by atoms with Crippen LogP contribution in [-0.4, -0.2) is 35.5 Å². The van der Waals surface area contributed by atoms with Gasteiger partial charge in [-0.25, -0.2) is 0 Å². The van der Waals surface area contributed by atoms with Crippen LogP contribution in [0.3, 0.4) is 0 Å². The highest BCUT2D eigenvalue weighted by Gasteiger charge is 2.05. The highest BCUT2D eigenvalue weighted by atomic mass is 16.5. The number of aliphatic hydroxyl groups is 1. The van der Waals surface area contributed by atoms with Crippen molar-refractivity contribution < 1.29 is 19.7 Å². The third-order valence-corrected chi connectivity index (χ3v) is 3.66. The quantitative estimate of drug-likeness (QED) is 0.420. The van der Waals surface area contributed by atoms with E-state index < -0.39 is 12.1 Å². The number of ether oxygens (including phenoxy) is 1. The molecule has 4 nitrogen and oxygen atoms in total. The summed E-state index contributed by atoms with van der Waals surface area (Å²) >= 11 is 0. The van der Waals surface area contributed by atoms with Gasteiger partial charge in [-0.3, -0.25) is 4.79 Å². The molecule has 4 heteroatoms. The standard InChI is InChI=1S/C17H34O4/c1-2-3-4-5-6-7-8-9-10-11-12-16(18)15-21-14-13-17(19)20/h16,18H,2-15H2,1H3,(H,19,20). The van der Waals surface area contributed by atoms with Crippen molar-refractivity contribution in [2.45, 2.75) is 90.1 Å². The van der Waals surface area contributed by atoms with Gasteiger partial charge in [0.1, 0.15) is 0 Å². The van der Waals surface area contributed by atoms with E-state index in [9.17, 15) is 9.90 Å². The largest absolute Gasteiger partial charge is 0.481 e. The first-order valence-electron chi connectivity index (χ1n) is 8.64. The zero-order valence-corrected chi connectivity index (χ0v) is 13.7. The van der Waals surface area contributed by atoms with Gasteiger partial charge in [-0.2, -0.15) is 0 Å². The number of rotatable bonds is 16. The molecular weight excluding hydrogens is 268 g/mol. The molecule has 0 aliphatic rings.